The topological polar surface area (TPSA) is 24.7 Å². The molecule has 0 spiro atoms. The van der Waals surface area contributed by atoms with E-state index in [9.17, 15) is 0 Å². The van der Waals surface area contributed by atoms with Gasteiger partial charge in [-0.1, -0.05) is 18.2 Å². The predicted molar refractivity (Wildman–Crippen MR) is 141 cm³/mol. The molecule has 0 atom stereocenters. The number of hydrogen-bond donors (Lipinski definition) is 0. The maximum atomic E-state index is 5.32. The first-order valence-electron chi connectivity index (χ1n) is 11.8. The van der Waals surface area contributed by atoms with Crippen molar-refractivity contribution in [3.05, 3.63) is 90.0 Å². The number of nitrogens with zero attached hydrogens (tertiary/aromatic N) is 2. The summed E-state index contributed by atoms with van der Waals surface area (Å²) in [6.45, 7) is 12.6. The van der Waals surface area contributed by atoms with Crippen LogP contribution < -0.4 is 9.47 Å². The van der Waals surface area contributed by atoms with E-state index < -0.39 is 0 Å². The van der Waals surface area contributed by atoms with Crippen LogP contribution >= 0.6 is 0 Å². The van der Waals surface area contributed by atoms with Crippen LogP contribution in [0, 0.1) is 0 Å². The quantitative estimate of drug-likeness (QED) is 0.225. The maximum absolute atomic E-state index is 5.32. The molecule has 4 heteroatoms. The van der Waals surface area contributed by atoms with Crippen molar-refractivity contribution in [1.29, 1.82) is 0 Å². The lowest BCUT2D eigenvalue weighted by molar-refractivity contribution is -0.519. The zero-order valence-corrected chi connectivity index (χ0v) is 21.0. The highest BCUT2D eigenvalue weighted by atomic mass is 16.5. The van der Waals surface area contributed by atoms with Crippen LogP contribution in [0.15, 0.2) is 78.9 Å². The Bertz CT molecular complexity index is 958. The predicted octanol–water partition coefficient (Wildman–Crippen LogP) is 6.04. The van der Waals surface area contributed by atoms with Gasteiger partial charge >= 0.3 is 0 Å². The van der Waals surface area contributed by atoms with E-state index in [0.29, 0.717) is 0 Å². The molecule has 0 N–H and O–H groups in total. The van der Waals surface area contributed by atoms with Gasteiger partial charge in [-0.15, -0.1) is 0 Å². The molecule has 0 aliphatic carbocycles. The highest BCUT2D eigenvalue weighted by molar-refractivity contribution is 6.05. The number of hydrogen-bond acceptors (Lipinski definition) is 3. The Hall–Kier alpha value is -3.27. The van der Waals surface area contributed by atoms with Gasteiger partial charge in [0.15, 0.2) is 0 Å². The molecule has 0 aliphatic rings. The van der Waals surface area contributed by atoms with Crippen molar-refractivity contribution in [2.45, 2.75) is 27.7 Å². The van der Waals surface area contributed by atoms with E-state index in [0.717, 1.165) is 37.7 Å². The lowest BCUT2D eigenvalue weighted by Crippen LogP contribution is -2.21. The van der Waals surface area contributed by atoms with Crippen molar-refractivity contribution in [2.75, 3.05) is 40.4 Å². The van der Waals surface area contributed by atoms with E-state index in [-0.39, 0.29) is 0 Å². The summed E-state index contributed by atoms with van der Waals surface area (Å²) in [5, 5.41) is 0. The van der Waals surface area contributed by atoms with Crippen LogP contribution in [0.1, 0.15) is 38.8 Å². The Morgan fingerprint density at radius 2 is 1.24 bits per heavy atom. The van der Waals surface area contributed by atoms with Crippen molar-refractivity contribution in [3.63, 3.8) is 0 Å². The zero-order chi connectivity index (χ0) is 24.1. The fourth-order valence-electron chi connectivity index (χ4n) is 3.78. The normalized spacial score (nSPS) is 11.8. The summed E-state index contributed by atoms with van der Waals surface area (Å²) in [5.74, 6) is 1.74. The number of methoxy groups -OCH3 is 2. The summed E-state index contributed by atoms with van der Waals surface area (Å²) < 4.78 is 13.0. The molecule has 33 heavy (non-hydrogen) atoms. The molecular formula is C29H39N2O2+. The third kappa shape index (κ3) is 7.38. The second-order valence-corrected chi connectivity index (χ2v) is 7.48. The number of benzene rings is 2. The lowest BCUT2D eigenvalue weighted by Gasteiger charge is -2.24. The first-order valence-corrected chi connectivity index (χ1v) is 11.8. The van der Waals surface area contributed by atoms with Gasteiger partial charge < -0.3 is 14.4 Å². The Morgan fingerprint density at radius 1 is 0.727 bits per heavy atom. The first kappa shape index (κ1) is 26.0. The molecule has 2 aromatic rings. The molecule has 0 saturated heterocycles. The molecule has 0 saturated carbocycles. The molecule has 0 aliphatic heterocycles. The summed E-state index contributed by atoms with van der Waals surface area (Å²) in [6, 6.07) is 16.5. The van der Waals surface area contributed by atoms with Gasteiger partial charge in [0.2, 0.25) is 5.71 Å². The second kappa shape index (κ2) is 14.0. The van der Waals surface area contributed by atoms with E-state index in [1.165, 1.54) is 22.5 Å². The van der Waals surface area contributed by atoms with Gasteiger partial charge in [-0.25, -0.2) is 4.58 Å². The van der Waals surface area contributed by atoms with E-state index in [1.807, 2.05) is 24.3 Å². The van der Waals surface area contributed by atoms with E-state index in [2.05, 4.69) is 91.8 Å². The van der Waals surface area contributed by atoms with Crippen LogP contribution in [-0.2, 0) is 0 Å². The van der Waals surface area contributed by atoms with Crippen molar-refractivity contribution >= 4 is 11.4 Å². The molecule has 0 unspecified atom stereocenters. The molecule has 0 bridgehead atoms. The molecule has 0 amide bonds. The third-order valence-corrected chi connectivity index (χ3v) is 5.71. The van der Waals surface area contributed by atoms with Gasteiger partial charge in [-0.2, -0.15) is 0 Å². The number of ether oxygens (including phenoxy) is 2. The minimum Gasteiger partial charge on any atom is -0.497 e. The van der Waals surface area contributed by atoms with Crippen LogP contribution in [0.3, 0.4) is 0 Å². The highest BCUT2D eigenvalue weighted by Crippen LogP contribution is 2.22. The van der Waals surface area contributed by atoms with Gasteiger partial charge in [-0.3, -0.25) is 0 Å². The van der Waals surface area contributed by atoms with E-state index >= 15 is 0 Å². The van der Waals surface area contributed by atoms with Gasteiger partial charge in [-0.05, 0) is 87.9 Å². The monoisotopic (exact) mass is 447 g/mol. The van der Waals surface area contributed by atoms with Gasteiger partial charge in [0.25, 0.3) is 0 Å². The fourth-order valence-corrected chi connectivity index (χ4v) is 3.78. The summed E-state index contributed by atoms with van der Waals surface area (Å²) in [6.07, 6.45) is 10.7. The summed E-state index contributed by atoms with van der Waals surface area (Å²) in [4.78, 5) is 2.36. The Kier molecular flexibility index (Phi) is 11.0. The van der Waals surface area contributed by atoms with Crippen molar-refractivity contribution < 1.29 is 14.0 Å². The second-order valence-electron chi connectivity index (χ2n) is 7.48. The van der Waals surface area contributed by atoms with Crippen LogP contribution in [0.2, 0.25) is 0 Å². The Morgan fingerprint density at radius 3 is 1.70 bits per heavy atom. The molecule has 4 nitrogen and oxygen atoms in total. The largest absolute Gasteiger partial charge is 0.497 e. The average molecular weight is 448 g/mol. The van der Waals surface area contributed by atoms with Crippen LogP contribution in [0.5, 0.6) is 11.5 Å². The standard InChI is InChI=1S/C29H39N2O2/c1-7-30(8-2)28(24-16-20-26(32-5)21-17-24)14-12-11-13-15-29(31(9-3)10-4)25-18-22-27(33-6)23-19-25/h11-23H,7-10H2,1-6H3/q+1. The summed E-state index contributed by atoms with van der Waals surface area (Å²) in [5.41, 5.74) is 4.77. The van der Waals surface area contributed by atoms with Gasteiger partial charge in [0.05, 0.1) is 14.2 Å². The minimum absolute atomic E-state index is 0.870. The smallest absolute Gasteiger partial charge is 0.207 e. The molecule has 0 aromatic heterocycles. The van der Waals surface area contributed by atoms with Gasteiger partial charge in [0, 0.05) is 30.4 Å². The average Bonchev–Trinajstić information content (AvgIpc) is 2.87. The summed E-state index contributed by atoms with van der Waals surface area (Å²) in [7, 11) is 3.39. The van der Waals surface area contributed by atoms with Crippen molar-refractivity contribution in [3.8, 4) is 11.5 Å². The number of allylic oxidation sites excluding steroid dienone is 5. The fraction of sp³-hybridized carbons (Fsp3) is 0.345. The van der Waals surface area contributed by atoms with E-state index in [4.69, 9.17) is 9.47 Å². The molecule has 0 radical (unpaired) electrons. The van der Waals surface area contributed by atoms with Crippen molar-refractivity contribution in [1.82, 2.24) is 4.90 Å². The van der Waals surface area contributed by atoms with Crippen molar-refractivity contribution in [2.24, 2.45) is 0 Å². The molecule has 2 aromatic carbocycles. The Balaban J connectivity index is 2.31. The Labute approximate surface area is 200 Å². The van der Waals surface area contributed by atoms with Crippen LogP contribution in [0.25, 0.3) is 5.70 Å². The minimum atomic E-state index is 0.870. The zero-order valence-electron chi connectivity index (χ0n) is 21.0. The SMILES string of the molecule is CCN(CC)C(=CC=CC=CC(c1ccc(OC)cc1)=[N+](CC)CC)c1ccc(OC)cc1. The molecule has 2 rings (SSSR count). The first-order chi connectivity index (χ1) is 16.1. The lowest BCUT2D eigenvalue weighted by atomic mass is 10.1. The third-order valence-electron chi connectivity index (χ3n) is 5.71. The van der Waals surface area contributed by atoms with E-state index in [1.54, 1.807) is 14.2 Å². The van der Waals surface area contributed by atoms with Crippen LogP contribution in [-0.4, -0.2) is 55.6 Å². The highest BCUT2D eigenvalue weighted by Gasteiger charge is 2.11. The number of rotatable bonds is 12. The van der Waals surface area contributed by atoms with Gasteiger partial charge in [0.1, 0.15) is 24.6 Å². The summed E-state index contributed by atoms with van der Waals surface area (Å²) >= 11 is 0. The molecule has 0 heterocycles. The molecule has 0 fully saturated rings. The maximum Gasteiger partial charge on any atom is 0.207 e. The molecule has 176 valence electrons. The molecular weight excluding hydrogens is 408 g/mol. The van der Waals surface area contributed by atoms with Crippen LogP contribution in [0.4, 0.5) is 0 Å².